The molecule has 1 atom stereocenters. The van der Waals surface area contributed by atoms with Crippen LogP contribution in [-0.4, -0.2) is 34.0 Å². The van der Waals surface area contributed by atoms with E-state index in [9.17, 15) is 4.79 Å². The molecule has 0 spiro atoms. The molecule has 1 aliphatic rings. The van der Waals surface area contributed by atoms with Gasteiger partial charge in [-0.15, -0.1) is 16.4 Å². The number of nitrogens with one attached hydrogen (secondary N) is 2. The van der Waals surface area contributed by atoms with Gasteiger partial charge < -0.3 is 5.32 Å². The van der Waals surface area contributed by atoms with Crippen molar-refractivity contribution < 1.29 is 4.79 Å². The average molecular weight is 394 g/mol. The van der Waals surface area contributed by atoms with Crippen LogP contribution in [0.5, 0.6) is 0 Å². The third-order valence-corrected chi connectivity index (χ3v) is 6.06. The largest absolute Gasteiger partial charge is 0.345 e. The van der Waals surface area contributed by atoms with Crippen molar-refractivity contribution >= 4 is 39.1 Å². The van der Waals surface area contributed by atoms with E-state index in [1.807, 2.05) is 19.2 Å². The van der Waals surface area contributed by atoms with Crippen molar-refractivity contribution in [3.05, 3.63) is 32.7 Å². The number of nitrogens with zero attached hydrogens (tertiary/aromatic N) is 3. The molecule has 1 fully saturated rings. The van der Waals surface area contributed by atoms with Gasteiger partial charge in [0, 0.05) is 17.5 Å². The molecule has 2 N–H and O–H groups in total. The molecule has 6 nitrogen and oxygen atoms in total. The number of thiophene rings is 1. The van der Waals surface area contributed by atoms with E-state index in [0.717, 1.165) is 26.2 Å². The third-order valence-electron chi connectivity index (χ3n) is 4.11. The molecule has 8 heteroatoms. The van der Waals surface area contributed by atoms with Crippen molar-refractivity contribution in [3.63, 3.8) is 0 Å². The van der Waals surface area contributed by atoms with Gasteiger partial charge in [-0.2, -0.15) is 5.10 Å². The highest BCUT2D eigenvalue weighted by molar-refractivity contribution is 9.10. The first-order valence-corrected chi connectivity index (χ1v) is 8.69. The van der Waals surface area contributed by atoms with Gasteiger partial charge in [-0.05, 0) is 52.4 Å². The number of carbonyl (C=O) groups is 1. The molecule has 0 bridgehead atoms. The molecule has 2 aromatic rings. The second-order valence-corrected chi connectivity index (χ2v) is 7.47. The molecule has 1 saturated heterocycles. The average Bonchev–Trinajstić information content (AvgIpc) is 2.98. The van der Waals surface area contributed by atoms with Crippen molar-refractivity contribution in [2.75, 3.05) is 7.05 Å². The summed E-state index contributed by atoms with van der Waals surface area (Å²) in [5.74, 6) is 0.0684. The van der Waals surface area contributed by atoms with Gasteiger partial charge in [0.25, 0.3) is 0 Å². The smallest absolute Gasteiger partial charge is 0.231 e. The first-order chi connectivity index (χ1) is 10.8. The Bertz CT molecular complexity index is 785. The molecule has 1 amide bonds. The summed E-state index contributed by atoms with van der Waals surface area (Å²) < 4.78 is 0.725. The summed E-state index contributed by atoms with van der Waals surface area (Å²) in [5.41, 5.74) is 2.51. The molecule has 0 aromatic carbocycles. The second-order valence-electron chi connectivity index (χ2n) is 5.81. The van der Waals surface area contributed by atoms with Gasteiger partial charge in [-0.3, -0.25) is 15.1 Å². The van der Waals surface area contributed by atoms with E-state index in [4.69, 9.17) is 5.41 Å². The number of aromatic nitrogens is 2. The molecule has 3 heterocycles. The van der Waals surface area contributed by atoms with Gasteiger partial charge in [0.15, 0.2) is 5.96 Å². The number of hydrogen-bond acceptors (Lipinski definition) is 5. The maximum Gasteiger partial charge on any atom is 0.231 e. The monoisotopic (exact) mass is 393 g/mol. The summed E-state index contributed by atoms with van der Waals surface area (Å²) in [6.07, 6.45) is 2.06. The molecular weight excluding hydrogens is 378 g/mol. The summed E-state index contributed by atoms with van der Waals surface area (Å²) in [7, 11) is 1.61. The Morgan fingerprint density at radius 1 is 1.52 bits per heavy atom. The third kappa shape index (κ3) is 2.76. The van der Waals surface area contributed by atoms with Crippen molar-refractivity contribution in [1.29, 1.82) is 5.41 Å². The van der Waals surface area contributed by atoms with Gasteiger partial charge in [-0.1, -0.05) is 0 Å². The number of carbonyl (C=O) groups excluding carboxylic acids is 1. The van der Waals surface area contributed by atoms with Crippen LogP contribution in [0.1, 0.15) is 23.8 Å². The van der Waals surface area contributed by atoms with Crippen LogP contribution in [0.3, 0.4) is 0 Å². The molecule has 3 rings (SSSR count). The van der Waals surface area contributed by atoms with Crippen LogP contribution < -0.4 is 5.32 Å². The summed E-state index contributed by atoms with van der Waals surface area (Å²) in [6, 6.07) is 2.06. The molecule has 0 unspecified atom stereocenters. The van der Waals surface area contributed by atoms with E-state index in [2.05, 4.69) is 37.5 Å². The molecule has 0 aliphatic carbocycles. The quantitative estimate of drug-likeness (QED) is 0.821. The zero-order chi connectivity index (χ0) is 16.8. The fourth-order valence-electron chi connectivity index (χ4n) is 2.56. The van der Waals surface area contributed by atoms with E-state index < -0.39 is 5.54 Å². The van der Waals surface area contributed by atoms with Crippen LogP contribution in [0.25, 0.3) is 11.1 Å². The normalized spacial score (nSPS) is 21.5. The van der Waals surface area contributed by atoms with E-state index in [-0.39, 0.29) is 11.9 Å². The lowest BCUT2D eigenvalue weighted by Crippen LogP contribution is -2.57. The first-order valence-electron chi connectivity index (χ1n) is 7.02. The number of halogens is 1. The Morgan fingerprint density at radius 3 is 2.96 bits per heavy atom. The van der Waals surface area contributed by atoms with Crippen LogP contribution in [-0.2, 0) is 10.3 Å². The van der Waals surface area contributed by atoms with Crippen LogP contribution in [0.2, 0.25) is 0 Å². The van der Waals surface area contributed by atoms with Crippen molar-refractivity contribution in [3.8, 4) is 11.1 Å². The van der Waals surface area contributed by atoms with E-state index in [1.165, 1.54) is 4.90 Å². The molecule has 0 saturated carbocycles. The minimum atomic E-state index is -0.560. The minimum absolute atomic E-state index is 0.0595. The lowest BCUT2D eigenvalue weighted by Gasteiger charge is -2.38. The summed E-state index contributed by atoms with van der Waals surface area (Å²) in [4.78, 5) is 14.5. The maximum atomic E-state index is 12.1. The molecule has 23 heavy (non-hydrogen) atoms. The van der Waals surface area contributed by atoms with Gasteiger partial charge in [0.2, 0.25) is 5.91 Å². The molecular formula is C15H16BrN5OS. The Morgan fingerprint density at radius 2 is 2.26 bits per heavy atom. The topological polar surface area (TPSA) is 82.0 Å². The maximum absolute atomic E-state index is 12.1. The zero-order valence-electron chi connectivity index (χ0n) is 13.0. The van der Waals surface area contributed by atoms with Crippen LogP contribution in [0, 0.1) is 12.3 Å². The predicted octanol–water partition coefficient (Wildman–Crippen LogP) is 2.88. The standard InChI is InChI=1S/C15H16BrN5OS/c1-8-10(6-18-20-13(8)16)9-4-11(23-7-9)15(2)5-12(22)21(3)14(17)19-15/h4,6-7H,5H2,1-3H3,(H2,17,19)/t15-/m0/s1. The first kappa shape index (κ1) is 16.1. The molecule has 1 aliphatic heterocycles. The Balaban J connectivity index is 1.97. The van der Waals surface area contributed by atoms with Crippen molar-refractivity contribution in [1.82, 2.24) is 20.4 Å². The van der Waals surface area contributed by atoms with Crippen LogP contribution in [0.4, 0.5) is 0 Å². The highest BCUT2D eigenvalue weighted by atomic mass is 79.9. The number of hydrogen-bond donors (Lipinski definition) is 2. The van der Waals surface area contributed by atoms with Crippen LogP contribution in [0.15, 0.2) is 22.2 Å². The lowest BCUT2D eigenvalue weighted by atomic mass is 9.92. The van der Waals surface area contributed by atoms with E-state index in [1.54, 1.807) is 24.6 Å². The number of amides is 1. The second kappa shape index (κ2) is 5.68. The SMILES string of the molecule is Cc1c(-c2csc([C@]3(C)CC(=O)N(C)C(=N)N3)c2)cnnc1Br. The summed E-state index contributed by atoms with van der Waals surface area (Å²) >= 11 is 4.97. The summed E-state index contributed by atoms with van der Waals surface area (Å²) in [5, 5.41) is 21.1. The van der Waals surface area contributed by atoms with Gasteiger partial charge in [-0.25, -0.2) is 0 Å². The minimum Gasteiger partial charge on any atom is -0.345 e. The number of rotatable bonds is 2. The number of guanidine groups is 1. The lowest BCUT2D eigenvalue weighted by molar-refractivity contribution is -0.129. The summed E-state index contributed by atoms with van der Waals surface area (Å²) in [6.45, 7) is 3.94. The highest BCUT2D eigenvalue weighted by Gasteiger charge is 2.38. The van der Waals surface area contributed by atoms with Crippen molar-refractivity contribution in [2.45, 2.75) is 25.8 Å². The Hall–Kier alpha value is -1.80. The van der Waals surface area contributed by atoms with Crippen LogP contribution >= 0.6 is 27.3 Å². The van der Waals surface area contributed by atoms with Gasteiger partial charge >= 0.3 is 0 Å². The van der Waals surface area contributed by atoms with E-state index in [0.29, 0.717) is 6.42 Å². The molecule has 0 radical (unpaired) electrons. The molecule has 120 valence electrons. The van der Waals surface area contributed by atoms with Gasteiger partial charge in [0.1, 0.15) is 4.60 Å². The predicted molar refractivity (Wildman–Crippen MR) is 93.4 cm³/mol. The Labute approximate surface area is 146 Å². The zero-order valence-corrected chi connectivity index (χ0v) is 15.4. The fourth-order valence-corrected chi connectivity index (χ4v) is 3.89. The fraction of sp³-hybridized carbons (Fsp3) is 0.333. The molecule has 2 aromatic heterocycles. The van der Waals surface area contributed by atoms with Gasteiger partial charge in [0.05, 0.1) is 18.2 Å². The van der Waals surface area contributed by atoms with E-state index >= 15 is 0 Å². The Kier molecular flexibility index (Phi) is 3.97. The van der Waals surface area contributed by atoms with Crippen molar-refractivity contribution in [2.24, 2.45) is 0 Å². The highest BCUT2D eigenvalue weighted by Crippen LogP contribution is 2.37.